The molecule has 82 valence electrons. The van der Waals surface area contributed by atoms with E-state index in [0.717, 1.165) is 16.5 Å². The second-order valence-electron chi connectivity index (χ2n) is 4.29. The van der Waals surface area contributed by atoms with Crippen LogP contribution >= 0.6 is 11.3 Å². The number of hydrogen-bond donors (Lipinski definition) is 1. The molecule has 1 heterocycles. The van der Waals surface area contributed by atoms with E-state index in [4.69, 9.17) is 5.73 Å². The average molecular weight is 230 g/mol. The minimum absolute atomic E-state index is 0.0757. The Bertz CT molecular complexity index is 457. The van der Waals surface area contributed by atoms with Crippen LogP contribution in [-0.4, -0.2) is 4.98 Å². The second kappa shape index (κ2) is 4.00. The number of benzene rings is 1. The van der Waals surface area contributed by atoms with Crippen LogP contribution in [0.2, 0.25) is 0 Å². The van der Waals surface area contributed by atoms with Gasteiger partial charge in [-0.05, 0) is 29.9 Å². The van der Waals surface area contributed by atoms with Gasteiger partial charge in [0.25, 0.3) is 0 Å². The van der Waals surface area contributed by atoms with Crippen molar-refractivity contribution in [3.05, 3.63) is 52.0 Å². The van der Waals surface area contributed by atoms with Gasteiger partial charge in [-0.3, -0.25) is 0 Å². The van der Waals surface area contributed by atoms with Crippen LogP contribution in [0.4, 0.5) is 0 Å². The summed E-state index contributed by atoms with van der Waals surface area (Å²) in [6.07, 6.45) is 4.49. The SMILES string of the molecule is NC(c1ccc(C2CC2)cc1)c1nccs1. The number of thiazole rings is 1. The number of hydrogen-bond acceptors (Lipinski definition) is 3. The summed E-state index contributed by atoms with van der Waals surface area (Å²) in [6.45, 7) is 0. The van der Waals surface area contributed by atoms with Crippen molar-refractivity contribution in [2.45, 2.75) is 24.8 Å². The van der Waals surface area contributed by atoms with Gasteiger partial charge in [0.15, 0.2) is 0 Å². The highest BCUT2D eigenvalue weighted by atomic mass is 32.1. The van der Waals surface area contributed by atoms with E-state index in [0.29, 0.717) is 0 Å². The Balaban J connectivity index is 1.83. The molecule has 0 saturated heterocycles. The van der Waals surface area contributed by atoms with Crippen LogP contribution in [0, 0.1) is 0 Å². The molecule has 1 saturated carbocycles. The largest absolute Gasteiger partial charge is 0.318 e. The van der Waals surface area contributed by atoms with Crippen molar-refractivity contribution in [1.29, 1.82) is 0 Å². The first kappa shape index (κ1) is 10.00. The number of nitrogens with two attached hydrogens (primary N) is 1. The maximum atomic E-state index is 6.15. The molecular weight excluding hydrogens is 216 g/mol. The van der Waals surface area contributed by atoms with Crippen molar-refractivity contribution in [3.8, 4) is 0 Å². The Morgan fingerprint density at radius 1 is 1.25 bits per heavy atom. The fraction of sp³-hybridized carbons (Fsp3) is 0.308. The summed E-state index contributed by atoms with van der Waals surface area (Å²) in [5.74, 6) is 0.810. The smallest absolute Gasteiger partial charge is 0.114 e. The summed E-state index contributed by atoms with van der Waals surface area (Å²) in [4.78, 5) is 4.26. The van der Waals surface area contributed by atoms with Gasteiger partial charge in [0.2, 0.25) is 0 Å². The minimum Gasteiger partial charge on any atom is -0.318 e. The fourth-order valence-electron chi connectivity index (χ4n) is 1.92. The van der Waals surface area contributed by atoms with E-state index in [1.807, 2.05) is 5.38 Å². The van der Waals surface area contributed by atoms with E-state index in [9.17, 15) is 0 Å². The number of aromatic nitrogens is 1. The van der Waals surface area contributed by atoms with Crippen molar-refractivity contribution in [1.82, 2.24) is 4.98 Å². The van der Waals surface area contributed by atoms with E-state index in [2.05, 4.69) is 29.2 Å². The predicted molar refractivity (Wildman–Crippen MR) is 66.6 cm³/mol. The van der Waals surface area contributed by atoms with E-state index in [-0.39, 0.29) is 6.04 Å². The van der Waals surface area contributed by atoms with E-state index in [1.54, 1.807) is 17.5 Å². The minimum atomic E-state index is -0.0757. The van der Waals surface area contributed by atoms with Gasteiger partial charge in [-0.1, -0.05) is 24.3 Å². The van der Waals surface area contributed by atoms with Gasteiger partial charge in [-0.15, -0.1) is 11.3 Å². The summed E-state index contributed by atoms with van der Waals surface area (Å²) in [6, 6.07) is 8.62. The van der Waals surface area contributed by atoms with Gasteiger partial charge in [0, 0.05) is 11.6 Å². The Morgan fingerprint density at radius 2 is 2.00 bits per heavy atom. The molecule has 3 heteroatoms. The van der Waals surface area contributed by atoms with Crippen LogP contribution in [0.1, 0.15) is 40.9 Å². The standard InChI is InChI=1S/C13H14N2S/c14-12(13-15-7-8-16-13)11-5-3-10(4-6-11)9-1-2-9/h3-9,12H,1-2,14H2. The van der Waals surface area contributed by atoms with Gasteiger partial charge in [0.05, 0.1) is 6.04 Å². The van der Waals surface area contributed by atoms with Crippen LogP contribution in [0.25, 0.3) is 0 Å². The first-order valence-electron chi connectivity index (χ1n) is 5.59. The molecular formula is C13H14N2S. The summed E-state index contributed by atoms with van der Waals surface area (Å²) in [5, 5.41) is 2.95. The zero-order valence-electron chi connectivity index (χ0n) is 8.97. The maximum absolute atomic E-state index is 6.15. The molecule has 1 aliphatic rings. The zero-order chi connectivity index (χ0) is 11.0. The molecule has 0 radical (unpaired) electrons. The first-order chi connectivity index (χ1) is 7.84. The molecule has 1 atom stereocenters. The molecule has 1 aromatic heterocycles. The maximum Gasteiger partial charge on any atom is 0.114 e. The summed E-state index contributed by atoms with van der Waals surface area (Å²) < 4.78 is 0. The van der Waals surface area contributed by atoms with Gasteiger partial charge in [-0.2, -0.15) is 0 Å². The highest BCUT2D eigenvalue weighted by Crippen LogP contribution is 2.40. The molecule has 1 fully saturated rings. The van der Waals surface area contributed by atoms with Crippen LogP contribution in [0.15, 0.2) is 35.8 Å². The highest BCUT2D eigenvalue weighted by Gasteiger charge is 2.23. The summed E-state index contributed by atoms with van der Waals surface area (Å²) in [5.41, 5.74) is 8.76. The molecule has 0 spiro atoms. The lowest BCUT2D eigenvalue weighted by atomic mass is 10.0. The Labute approximate surface area is 99.1 Å². The van der Waals surface area contributed by atoms with Crippen molar-refractivity contribution >= 4 is 11.3 Å². The molecule has 3 rings (SSSR count). The average Bonchev–Trinajstić information content (AvgIpc) is 3.04. The van der Waals surface area contributed by atoms with Crippen LogP contribution in [0.5, 0.6) is 0 Å². The molecule has 2 N–H and O–H groups in total. The quantitative estimate of drug-likeness (QED) is 0.880. The predicted octanol–water partition coefficient (Wildman–Crippen LogP) is 3.07. The third-order valence-corrected chi connectivity index (χ3v) is 3.92. The Morgan fingerprint density at radius 3 is 2.56 bits per heavy atom. The third kappa shape index (κ3) is 1.88. The van der Waals surface area contributed by atoms with Gasteiger partial charge in [0.1, 0.15) is 5.01 Å². The topological polar surface area (TPSA) is 38.9 Å². The van der Waals surface area contributed by atoms with Crippen molar-refractivity contribution in [2.75, 3.05) is 0 Å². The van der Waals surface area contributed by atoms with E-state index < -0.39 is 0 Å². The monoisotopic (exact) mass is 230 g/mol. The molecule has 1 aromatic carbocycles. The Kier molecular flexibility index (Phi) is 2.50. The normalized spacial score (nSPS) is 17.3. The lowest BCUT2D eigenvalue weighted by Crippen LogP contribution is -2.11. The molecule has 0 aliphatic heterocycles. The van der Waals surface area contributed by atoms with E-state index in [1.165, 1.54) is 18.4 Å². The molecule has 1 aliphatic carbocycles. The molecule has 2 nitrogen and oxygen atoms in total. The van der Waals surface area contributed by atoms with Crippen LogP contribution in [-0.2, 0) is 0 Å². The molecule has 1 unspecified atom stereocenters. The fourth-order valence-corrected chi connectivity index (χ4v) is 2.59. The van der Waals surface area contributed by atoms with Gasteiger partial charge < -0.3 is 5.73 Å². The second-order valence-corrected chi connectivity index (χ2v) is 5.22. The van der Waals surface area contributed by atoms with E-state index >= 15 is 0 Å². The highest BCUT2D eigenvalue weighted by molar-refractivity contribution is 7.09. The van der Waals surface area contributed by atoms with Crippen LogP contribution in [0.3, 0.4) is 0 Å². The summed E-state index contributed by atoms with van der Waals surface area (Å²) in [7, 11) is 0. The summed E-state index contributed by atoms with van der Waals surface area (Å²) >= 11 is 1.61. The lowest BCUT2D eigenvalue weighted by molar-refractivity contribution is 0.856. The molecule has 0 amide bonds. The zero-order valence-corrected chi connectivity index (χ0v) is 9.78. The molecule has 0 bridgehead atoms. The number of nitrogens with zero attached hydrogens (tertiary/aromatic N) is 1. The molecule has 2 aromatic rings. The van der Waals surface area contributed by atoms with Crippen molar-refractivity contribution in [2.24, 2.45) is 5.73 Å². The third-order valence-electron chi connectivity index (χ3n) is 3.06. The number of rotatable bonds is 3. The Hall–Kier alpha value is -1.19. The van der Waals surface area contributed by atoms with Gasteiger partial charge >= 0.3 is 0 Å². The van der Waals surface area contributed by atoms with Gasteiger partial charge in [-0.25, -0.2) is 4.98 Å². The first-order valence-corrected chi connectivity index (χ1v) is 6.47. The lowest BCUT2D eigenvalue weighted by Gasteiger charge is -2.09. The van der Waals surface area contributed by atoms with Crippen molar-refractivity contribution in [3.63, 3.8) is 0 Å². The van der Waals surface area contributed by atoms with Crippen LogP contribution < -0.4 is 5.73 Å². The van der Waals surface area contributed by atoms with Crippen molar-refractivity contribution < 1.29 is 0 Å². The molecule has 16 heavy (non-hydrogen) atoms.